The number of hydrogen-bond acceptors (Lipinski definition) is 26. The van der Waals surface area contributed by atoms with Crippen molar-refractivity contribution < 1.29 is 47.2 Å². The molecule has 8 aliphatic heterocycles. The van der Waals surface area contributed by atoms with E-state index in [2.05, 4.69) is 38.6 Å². The van der Waals surface area contributed by atoms with Crippen molar-refractivity contribution in [1.29, 1.82) is 5.26 Å². The number of thioether (sulfide) groups is 1. The Kier molecular flexibility index (Phi) is 23.7. The molecule has 29 nitrogen and oxygen atoms in total. The molecular weight excluding hydrogens is 1700 g/mol. The number of aliphatic imine (C=N–C) groups is 4. The van der Waals surface area contributed by atoms with Gasteiger partial charge in [-0.1, -0.05) is 66.4 Å². The Labute approximate surface area is 743 Å². The maximum Gasteiger partial charge on any atom is 0.289 e. The molecule has 0 radical (unpaired) electrons. The maximum absolute atomic E-state index is 13.8. The lowest BCUT2D eigenvalue weighted by Crippen LogP contribution is -2.54. The van der Waals surface area contributed by atoms with Crippen LogP contribution in [0.1, 0.15) is 81.4 Å². The zero-order valence-corrected chi connectivity index (χ0v) is 72.9. The number of benzene rings is 3. The molecule has 4 fully saturated rings. The van der Waals surface area contributed by atoms with E-state index in [0.717, 1.165) is 62.5 Å². The number of pyridine rings is 3. The van der Waals surface area contributed by atoms with Gasteiger partial charge in [-0.05, 0) is 133 Å². The number of fused-ring (bicyclic) bond motifs is 5. The number of nitrogens with two attached hydrogens (primary N) is 4. The fraction of sp³-hybridized carbons (Fsp3) is 0.253. The summed E-state index contributed by atoms with van der Waals surface area (Å²) in [4.78, 5) is 154. The minimum Gasteiger partial charge on any atom is -0.451 e. The van der Waals surface area contributed by atoms with Crippen molar-refractivity contribution in [3.63, 3.8) is 0 Å². The largest absolute Gasteiger partial charge is 0.451 e. The van der Waals surface area contributed by atoms with Crippen LogP contribution in [0.5, 0.6) is 0 Å². The van der Waals surface area contributed by atoms with E-state index in [1.807, 2.05) is 131 Å². The first-order valence-corrected chi connectivity index (χ1v) is 44.1. The van der Waals surface area contributed by atoms with Crippen molar-refractivity contribution in [2.45, 2.75) is 40.9 Å². The van der Waals surface area contributed by atoms with Crippen LogP contribution in [0.3, 0.4) is 0 Å². The molecule has 636 valence electrons. The van der Waals surface area contributed by atoms with Crippen molar-refractivity contribution in [3.05, 3.63) is 258 Å². The lowest BCUT2D eigenvalue weighted by molar-refractivity contribution is -0.134. The van der Waals surface area contributed by atoms with Gasteiger partial charge in [0.25, 0.3) is 17.7 Å². The molecule has 11 aromatic rings. The Hall–Kier alpha value is -14.0. The van der Waals surface area contributed by atoms with Gasteiger partial charge in [-0.15, -0.1) is 68.9 Å². The average Bonchev–Trinajstić information content (AvgIpc) is 1.57. The second-order valence-electron chi connectivity index (χ2n) is 31.0. The molecule has 0 spiro atoms. The molecule has 4 saturated heterocycles. The maximum atomic E-state index is 13.8. The van der Waals surface area contributed by atoms with Crippen molar-refractivity contribution in [2.75, 3.05) is 86.3 Å². The van der Waals surface area contributed by atoms with Crippen LogP contribution >= 0.6 is 57.1 Å². The van der Waals surface area contributed by atoms with E-state index in [4.69, 9.17) is 52.6 Å². The summed E-state index contributed by atoms with van der Waals surface area (Å²) < 4.78 is 19.5. The average molecular weight is 1780 g/mol. The van der Waals surface area contributed by atoms with Crippen LogP contribution in [0.2, 0.25) is 0 Å². The van der Waals surface area contributed by atoms with Crippen LogP contribution in [0.4, 0.5) is 4.39 Å². The van der Waals surface area contributed by atoms with Gasteiger partial charge in [0.05, 0.1) is 61.2 Å². The number of carbonyl (C=O) groups is 8. The normalized spacial score (nSPS) is 22.6. The summed E-state index contributed by atoms with van der Waals surface area (Å²) in [5.74, 6) is 8.93. The van der Waals surface area contributed by atoms with E-state index in [1.54, 1.807) is 116 Å². The SMILES string of the molecule is CC#Cc1cncc(-c2ccc(C34CN(C(=O)c5ccc(C#N)nc5)CC3C(=O)N(C)C(N)=N4)s2)c1.CC#Cc1cncc(-c2csc([C@]34CN(C(=O)c5cccc(F)c5)CC3C(=O)N(C)C(N)=N4)c2)c1.CN1C(=O)C2CN(C(=O)CSc3ccccc3)CC2(c2cccs2)N=C1N.CN1C(=O)C2CN(C(=O)c3cc4ccccc4o3)CC2(c2cccs2)N=C1N. The lowest BCUT2D eigenvalue weighted by atomic mass is 9.83. The highest BCUT2D eigenvalue weighted by atomic mass is 32.2. The summed E-state index contributed by atoms with van der Waals surface area (Å²) >= 11 is 7.53. The van der Waals surface area contributed by atoms with Crippen LogP contribution in [0, 0.1) is 64.5 Å². The van der Waals surface area contributed by atoms with Gasteiger partial charge in [0, 0.05) is 148 Å². The minimum atomic E-state index is -1.02. The monoisotopic (exact) mass is 1780 g/mol. The molecular formula is C91H81FN20O9S5. The topological polar surface area (TPSA) is 392 Å². The second-order valence-corrected chi connectivity index (χ2v) is 35.9. The van der Waals surface area contributed by atoms with E-state index in [1.165, 1.54) is 95.8 Å². The van der Waals surface area contributed by atoms with E-state index in [-0.39, 0.29) is 127 Å². The van der Waals surface area contributed by atoms with Gasteiger partial charge in [0.2, 0.25) is 29.5 Å². The number of rotatable bonds is 12. The Balaban J connectivity index is 0.000000125. The highest BCUT2D eigenvalue weighted by Gasteiger charge is 2.61. The predicted octanol–water partition coefficient (Wildman–Crippen LogP) is 9.51. The number of likely N-dealkylation sites (tertiary alicyclic amines) is 4. The van der Waals surface area contributed by atoms with Crippen molar-refractivity contribution in [1.82, 2.24) is 54.2 Å². The van der Waals surface area contributed by atoms with E-state index >= 15 is 0 Å². The summed E-state index contributed by atoms with van der Waals surface area (Å²) in [6.07, 6.45) is 8.32. The molecule has 7 unspecified atom stereocenters. The smallest absolute Gasteiger partial charge is 0.289 e. The molecule has 8 amide bonds. The van der Waals surface area contributed by atoms with Gasteiger partial charge in [-0.3, -0.25) is 67.9 Å². The molecule has 35 heteroatoms. The van der Waals surface area contributed by atoms with Gasteiger partial charge < -0.3 is 47.0 Å². The first-order valence-electron chi connectivity index (χ1n) is 39.7. The highest BCUT2D eigenvalue weighted by molar-refractivity contribution is 8.00. The predicted molar refractivity (Wildman–Crippen MR) is 480 cm³/mol. The Morgan fingerprint density at radius 1 is 0.500 bits per heavy atom. The number of guanidine groups is 4. The number of carbonyl (C=O) groups excluding carboxylic acids is 8. The molecule has 8 atom stereocenters. The fourth-order valence-electron chi connectivity index (χ4n) is 17.0. The number of hydrogen-bond donors (Lipinski definition) is 4. The third-order valence-corrected chi connectivity index (χ3v) is 29.0. The Morgan fingerprint density at radius 2 is 1.00 bits per heavy atom. The molecule has 0 saturated carbocycles. The fourth-order valence-corrected chi connectivity index (χ4v) is 21.9. The van der Waals surface area contributed by atoms with Crippen molar-refractivity contribution in [2.24, 2.45) is 66.6 Å². The molecule has 19 rings (SSSR count). The zero-order valence-electron chi connectivity index (χ0n) is 68.8. The minimum absolute atomic E-state index is 0.0124. The second kappa shape index (κ2) is 35.0. The van der Waals surface area contributed by atoms with E-state index in [0.29, 0.717) is 30.0 Å². The number of amides is 8. The molecule has 0 bridgehead atoms. The molecule has 8 N–H and O–H groups in total. The third-order valence-electron chi connectivity index (χ3n) is 23.5. The number of nitrogens with zero attached hydrogens (tertiary/aromatic N) is 16. The van der Waals surface area contributed by atoms with Crippen molar-refractivity contribution >= 4 is 139 Å². The molecule has 3 aromatic carbocycles. The molecule has 16 heterocycles. The van der Waals surface area contributed by atoms with Crippen LogP contribution in [0.15, 0.2) is 228 Å². The van der Waals surface area contributed by atoms with Gasteiger partial charge in [-0.2, -0.15) is 5.26 Å². The standard InChI is InChI=1S/C26H22FN5O2S.C26H21N7O2S.C20H18N4O3S.C19H20N4O2S2/c1-3-5-16-8-18(12-29-11-16)19-10-22(35-14-19)26-15-32(23(33)17-6-4-7-20(27)9-17)13-21(26)24(34)31(2)25(28)30-26;1-3-4-16-9-18(12-29-11-16)21-7-8-22(36-21)26-15-33(14-20(26)24(35)32(2)25(28)31-26)23(34)17-5-6-19(10-27)30-13-17;1-23-17(25)13-10-24(11-20(13,22-19(23)21)16-7-4-8-28-16)18(26)15-9-12-5-2-3-6-14(12)27-15;1-22-17(25)14-10-23(16(24)11-27-13-6-3-2-4-7-13)12-19(14,21-18(22)20)15-8-5-9-26-15/h4,6-12,14,21H,13,15H2,1-2H3,(H2,28,30);5-9,11-13,20H,14-15H2,1-2H3,(H2,28,31);2-9,13H,10-11H2,1H3,(H2,21,22);2-9,14H,10-12H2,1H3,(H2,20,21)/t21?,26-;;;/m0.../s1. The number of furan rings is 1. The van der Waals surface area contributed by atoms with E-state index in [9.17, 15) is 42.7 Å². The van der Waals surface area contributed by atoms with Gasteiger partial charge in [0.15, 0.2) is 29.6 Å². The van der Waals surface area contributed by atoms with Gasteiger partial charge >= 0.3 is 0 Å². The van der Waals surface area contributed by atoms with Gasteiger partial charge in [0.1, 0.15) is 45.3 Å². The summed E-state index contributed by atoms with van der Waals surface area (Å²) in [6, 6.07) is 47.2. The number of aromatic nitrogens is 3. The van der Waals surface area contributed by atoms with Crippen LogP contribution in [0.25, 0.3) is 32.5 Å². The lowest BCUT2D eigenvalue weighted by Gasteiger charge is -2.36. The number of halogens is 1. The first kappa shape index (κ1) is 85.5. The van der Waals surface area contributed by atoms with Crippen LogP contribution in [-0.2, 0) is 46.1 Å². The van der Waals surface area contributed by atoms with Crippen LogP contribution in [-0.4, -0.2) is 212 Å². The van der Waals surface area contributed by atoms with Crippen molar-refractivity contribution in [3.8, 4) is 51.3 Å². The quantitative estimate of drug-likeness (QED) is 0.0653. The summed E-state index contributed by atoms with van der Waals surface area (Å²) in [7, 11) is 6.41. The van der Waals surface area contributed by atoms with E-state index < -0.39 is 51.6 Å². The molecule has 0 aliphatic carbocycles. The molecule has 8 aromatic heterocycles. The molecule has 126 heavy (non-hydrogen) atoms. The summed E-state index contributed by atoms with van der Waals surface area (Å²) in [5, 5.41) is 15.8. The zero-order chi connectivity index (χ0) is 88.7. The van der Waals surface area contributed by atoms with Gasteiger partial charge in [-0.25, -0.2) is 29.3 Å². The summed E-state index contributed by atoms with van der Waals surface area (Å²) in [6.45, 7) is 5.55. The highest BCUT2D eigenvalue weighted by Crippen LogP contribution is 2.52. The number of thiophene rings is 4. The molecule has 8 aliphatic rings. The summed E-state index contributed by atoms with van der Waals surface area (Å²) in [5.41, 5.74) is 26.5. The Bertz CT molecular complexity index is 6450. The third kappa shape index (κ3) is 16.0. The Morgan fingerprint density at radius 3 is 1.52 bits per heavy atom. The number of nitriles is 1. The first-order chi connectivity index (χ1) is 60.7. The van der Waals surface area contributed by atoms with Crippen LogP contribution < -0.4 is 22.9 Å². The number of para-hydroxylation sites is 1.